The molecule has 1 aromatic carbocycles. The van der Waals surface area contributed by atoms with Gasteiger partial charge in [-0.2, -0.15) is 0 Å². The molecule has 4 rings (SSSR count). The first-order chi connectivity index (χ1) is 10.3. The van der Waals surface area contributed by atoms with Crippen LogP contribution < -0.4 is 4.90 Å². The summed E-state index contributed by atoms with van der Waals surface area (Å²) in [5.74, 6) is 0. The fourth-order valence-corrected chi connectivity index (χ4v) is 3.57. The van der Waals surface area contributed by atoms with E-state index in [1.165, 1.54) is 44.7 Å². The molecule has 4 nitrogen and oxygen atoms in total. The van der Waals surface area contributed by atoms with E-state index in [0.29, 0.717) is 0 Å². The third-order valence-electron chi connectivity index (χ3n) is 4.63. The molecule has 5 heteroatoms. The Kier molecular flexibility index (Phi) is 3.47. The Morgan fingerprint density at radius 2 is 1.81 bits per heavy atom. The Labute approximate surface area is 133 Å². The molecule has 0 N–H and O–H groups in total. The van der Waals surface area contributed by atoms with Gasteiger partial charge in [-0.3, -0.25) is 4.90 Å². The highest BCUT2D eigenvalue weighted by Gasteiger charge is 2.30. The molecule has 2 aromatic rings. The highest BCUT2D eigenvalue weighted by atomic mass is 79.9. The summed E-state index contributed by atoms with van der Waals surface area (Å²) in [4.78, 5) is 9.33. The molecule has 3 heterocycles. The van der Waals surface area contributed by atoms with Crippen LogP contribution in [-0.2, 0) is 0 Å². The van der Waals surface area contributed by atoms with Gasteiger partial charge < -0.3 is 9.47 Å². The fourth-order valence-electron chi connectivity index (χ4n) is 3.26. The number of hydrogen-bond acceptors (Lipinski definition) is 3. The van der Waals surface area contributed by atoms with Crippen molar-refractivity contribution in [1.29, 1.82) is 0 Å². The second kappa shape index (κ2) is 5.46. The summed E-state index contributed by atoms with van der Waals surface area (Å²) in [6.07, 6.45) is 6.49. The summed E-state index contributed by atoms with van der Waals surface area (Å²) in [6, 6.07) is 9.55. The molecule has 1 unspecified atom stereocenters. The topological polar surface area (TPSA) is 24.3 Å². The molecule has 1 aromatic heterocycles. The van der Waals surface area contributed by atoms with Crippen LogP contribution in [0.1, 0.15) is 12.8 Å². The van der Waals surface area contributed by atoms with Gasteiger partial charge in [0.2, 0.25) is 0 Å². The van der Waals surface area contributed by atoms with Gasteiger partial charge in [-0.1, -0.05) is 0 Å². The van der Waals surface area contributed by atoms with Gasteiger partial charge >= 0.3 is 0 Å². The van der Waals surface area contributed by atoms with Gasteiger partial charge in [0.25, 0.3) is 0 Å². The first-order valence-corrected chi connectivity index (χ1v) is 8.38. The van der Waals surface area contributed by atoms with Crippen molar-refractivity contribution in [3.8, 4) is 5.69 Å². The molecule has 0 saturated carbocycles. The number of halogens is 1. The number of hydrogen-bond donors (Lipinski definition) is 0. The molecule has 2 aliphatic heterocycles. The van der Waals surface area contributed by atoms with Crippen molar-refractivity contribution in [2.45, 2.75) is 18.9 Å². The van der Waals surface area contributed by atoms with Crippen molar-refractivity contribution < 1.29 is 0 Å². The quantitative estimate of drug-likeness (QED) is 0.853. The minimum Gasteiger partial charge on any atom is -0.370 e. The zero-order valence-corrected chi connectivity index (χ0v) is 13.5. The average Bonchev–Trinajstić information content (AvgIpc) is 3.07. The third kappa shape index (κ3) is 2.60. The Balaban J connectivity index is 1.46. The van der Waals surface area contributed by atoms with Crippen LogP contribution in [0.2, 0.25) is 0 Å². The van der Waals surface area contributed by atoms with Crippen molar-refractivity contribution in [2.24, 2.45) is 0 Å². The Morgan fingerprint density at radius 1 is 1.05 bits per heavy atom. The summed E-state index contributed by atoms with van der Waals surface area (Å²) in [5.41, 5.74) is 2.48. The monoisotopic (exact) mass is 346 g/mol. The van der Waals surface area contributed by atoms with Crippen molar-refractivity contribution in [1.82, 2.24) is 14.5 Å². The van der Waals surface area contributed by atoms with Crippen molar-refractivity contribution in [3.63, 3.8) is 0 Å². The second-order valence-electron chi connectivity index (χ2n) is 5.90. The van der Waals surface area contributed by atoms with Crippen LogP contribution in [-0.4, -0.2) is 46.7 Å². The van der Waals surface area contributed by atoms with E-state index in [9.17, 15) is 0 Å². The van der Waals surface area contributed by atoms with Crippen molar-refractivity contribution in [3.05, 3.63) is 41.4 Å². The summed E-state index contributed by atoms with van der Waals surface area (Å²) < 4.78 is 2.89. The van der Waals surface area contributed by atoms with Crippen LogP contribution in [0.25, 0.3) is 5.69 Å². The molecule has 0 aliphatic carbocycles. The van der Waals surface area contributed by atoms with Gasteiger partial charge in [0.15, 0.2) is 0 Å². The predicted molar refractivity (Wildman–Crippen MR) is 88.1 cm³/mol. The standard InChI is InChI=1S/C16H19BrN4/c17-16-11-21(12-18-16)14-4-2-13(3-5-14)20-9-6-15(10-20)19-7-1-8-19/h2-5,11-12,15H,1,6-10H2. The van der Waals surface area contributed by atoms with Crippen LogP contribution in [0.3, 0.4) is 0 Å². The van der Waals surface area contributed by atoms with Gasteiger partial charge in [0.05, 0.1) is 0 Å². The summed E-state index contributed by atoms with van der Waals surface area (Å²) in [5, 5.41) is 0. The van der Waals surface area contributed by atoms with Crippen LogP contribution in [0.4, 0.5) is 5.69 Å². The lowest BCUT2D eigenvalue weighted by Gasteiger charge is -2.36. The van der Waals surface area contributed by atoms with Gasteiger partial charge in [-0.05, 0) is 66.1 Å². The molecule has 110 valence electrons. The van der Waals surface area contributed by atoms with E-state index >= 15 is 0 Å². The molecule has 2 aliphatic rings. The van der Waals surface area contributed by atoms with E-state index in [1.807, 2.05) is 17.1 Å². The lowest BCUT2D eigenvalue weighted by Crippen LogP contribution is -2.46. The number of nitrogens with zero attached hydrogens (tertiary/aromatic N) is 4. The van der Waals surface area contributed by atoms with E-state index in [0.717, 1.165) is 16.3 Å². The molecule has 0 spiro atoms. The highest BCUT2D eigenvalue weighted by Crippen LogP contribution is 2.26. The second-order valence-corrected chi connectivity index (χ2v) is 6.71. The molecule has 1 atom stereocenters. The third-order valence-corrected chi connectivity index (χ3v) is 5.04. The van der Waals surface area contributed by atoms with E-state index in [1.54, 1.807) is 0 Å². The van der Waals surface area contributed by atoms with Gasteiger partial charge in [-0.25, -0.2) is 4.98 Å². The van der Waals surface area contributed by atoms with E-state index in [-0.39, 0.29) is 0 Å². The lowest BCUT2D eigenvalue weighted by atomic mass is 10.1. The van der Waals surface area contributed by atoms with Crippen LogP contribution >= 0.6 is 15.9 Å². The molecular weight excluding hydrogens is 328 g/mol. The van der Waals surface area contributed by atoms with E-state index in [4.69, 9.17) is 0 Å². The number of rotatable bonds is 3. The summed E-state index contributed by atoms with van der Waals surface area (Å²) in [7, 11) is 0. The fraction of sp³-hybridized carbons (Fsp3) is 0.438. The smallest absolute Gasteiger partial charge is 0.124 e. The number of aromatic nitrogens is 2. The number of likely N-dealkylation sites (tertiary alicyclic amines) is 1. The summed E-state index contributed by atoms with van der Waals surface area (Å²) >= 11 is 3.39. The first-order valence-electron chi connectivity index (χ1n) is 7.58. The van der Waals surface area contributed by atoms with E-state index < -0.39 is 0 Å². The molecule has 21 heavy (non-hydrogen) atoms. The maximum Gasteiger partial charge on any atom is 0.124 e. The van der Waals surface area contributed by atoms with Crippen molar-refractivity contribution in [2.75, 3.05) is 31.1 Å². The van der Waals surface area contributed by atoms with Gasteiger partial charge in [-0.15, -0.1) is 0 Å². The van der Waals surface area contributed by atoms with Crippen LogP contribution in [0.15, 0.2) is 41.4 Å². The molecular formula is C16H19BrN4. The predicted octanol–water partition coefficient (Wildman–Crippen LogP) is 2.92. The van der Waals surface area contributed by atoms with Gasteiger partial charge in [0, 0.05) is 36.7 Å². The Hall–Kier alpha value is -1.33. The Bertz CT molecular complexity index is 617. The zero-order chi connectivity index (χ0) is 14.2. The minimum atomic E-state index is 0.767. The van der Waals surface area contributed by atoms with Crippen molar-refractivity contribution >= 4 is 21.6 Å². The average molecular weight is 347 g/mol. The molecule has 0 amide bonds. The maximum atomic E-state index is 4.20. The lowest BCUT2D eigenvalue weighted by molar-refractivity contribution is 0.129. The zero-order valence-electron chi connectivity index (χ0n) is 12.0. The largest absolute Gasteiger partial charge is 0.370 e. The minimum absolute atomic E-state index is 0.767. The van der Waals surface area contributed by atoms with Gasteiger partial charge in [0.1, 0.15) is 10.9 Å². The number of anilines is 1. The summed E-state index contributed by atoms with van der Waals surface area (Å²) in [6.45, 7) is 4.95. The number of benzene rings is 1. The Morgan fingerprint density at radius 3 is 2.43 bits per heavy atom. The maximum absolute atomic E-state index is 4.20. The molecule has 0 radical (unpaired) electrons. The number of imidazole rings is 1. The SMILES string of the molecule is Brc1cn(-c2ccc(N3CCC(N4CCC4)C3)cc2)cn1. The van der Waals surface area contributed by atoms with Crippen LogP contribution in [0, 0.1) is 0 Å². The normalized spacial score (nSPS) is 22.5. The first kappa shape index (κ1) is 13.3. The van der Waals surface area contributed by atoms with E-state index in [2.05, 4.69) is 55.0 Å². The molecule has 2 fully saturated rings. The molecule has 0 bridgehead atoms. The molecule has 2 saturated heterocycles. The van der Waals surface area contributed by atoms with Crippen LogP contribution in [0.5, 0.6) is 0 Å². The highest BCUT2D eigenvalue weighted by molar-refractivity contribution is 9.10.